The molecule has 1 aliphatic rings. The van der Waals surface area contributed by atoms with Gasteiger partial charge in [0.15, 0.2) is 0 Å². The molecule has 23 heavy (non-hydrogen) atoms. The minimum atomic E-state index is -0.427. The number of benzene rings is 1. The Morgan fingerprint density at radius 2 is 1.65 bits per heavy atom. The van der Waals surface area contributed by atoms with Crippen molar-refractivity contribution in [1.29, 1.82) is 0 Å². The van der Waals surface area contributed by atoms with Gasteiger partial charge in [-0.05, 0) is 24.1 Å². The topological polar surface area (TPSA) is 64.3 Å². The summed E-state index contributed by atoms with van der Waals surface area (Å²) < 4.78 is 3.42. The van der Waals surface area contributed by atoms with Gasteiger partial charge in [0.1, 0.15) is 5.82 Å². The number of fused-ring (bicyclic) bond motifs is 1. The van der Waals surface area contributed by atoms with Gasteiger partial charge in [0.25, 0.3) is 5.56 Å². The smallest absolute Gasteiger partial charge is 0.293 e. The predicted molar refractivity (Wildman–Crippen MR) is 90.6 cm³/mol. The van der Waals surface area contributed by atoms with Crippen molar-refractivity contribution in [3.05, 3.63) is 60.7 Å². The number of carbonyl (C=O) groups is 1. The van der Waals surface area contributed by atoms with E-state index in [-0.39, 0.29) is 17.9 Å². The Balaban J connectivity index is 2.13. The van der Waals surface area contributed by atoms with E-state index < -0.39 is 5.69 Å². The van der Waals surface area contributed by atoms with Crippen LogP contribution in [0.3, 0.4) is 0 Å². The van der Waals surface area contributed by atoms with E-state index in [2.05, 4.69) is 15.9 Å². The van der Waals surface area contributed by atoms with Gasteiger partial charge >= 0.3 is 5.69 Å². The van der Waals surface area contributed by atoms with Crippen molar-refractivity contribution in [2.75, 3.05) is 4.90 Å². The highest BCUT2D eigenvalue weighted by atomic mass is 79.9. The van der Waals surface area contributed by atoms with Gasteiger partial charge in [-0.3, -0.25) is 23.6 Å². The average molecular weight is 378 g/mol. The second-order valence-corrected chi connectivity index (χ2v) is 6.53. The van der Waals surface area contributed by atoms with Crippen molar-refractivity contribution in [2.45, 2.75) is 19.4 Å². The molecule has 0 radical (unpaired) electrons. The molecule has 0 fully saturated rings. The SMILES string of the molecule is Cn1c2c(c(=O)n(C)c1=O)CCC(=O)N2Cc1ccc(Br)cc1. The highest BCUT2D eigenvalue weighted by Gasteiger charge is 2.30. The zero-order valence-corrected chi connectivity index (χ0v) is 14.5. The molecule has 1 aromatic carbocycles. The highest BCUT2D eigenvalue weighted by molar-refractivity contribution is 9.10. The van der Waals surface area contributed by atoms with Gasteiger partial charge in [0, 0.05) is 25.0 Å². The van der Waals surface area contributed by atoms with E-state index in [4.69, 9.17) is 0 Å². The monoisotopic (exact) mass is 377 g/mol. The Morgan fingerprint density at radius 1 is 1.00 bits per heavy atom. The summed E-state index contributed by atoms with van der Waals surface area (Å²) >= 11 is 3.38. The van der Waals surface area contributed by atoms with Gasteiger partial charge in [0.2, 0.25) is 5.91 Å². The summed E-state index contributed by atoms with van der Waals surface area (Å²) in [5, 5.41) is 0. The Kier molecular flexibility index (Phi) is 3.97. The molecule has 7 heteroatoms. The quantitative estimate of drug-likeness (QED) is 0.792. The second kappa shape index (κ2) is 5.81. The molecule has 0 bridgehead atoms. The van der Waals surface area contributed by atoms with Crippen LogP contribution < -0.4 is 16.1 Å². The molecule has 2 aromatic rings. The van der Waals surface area contributed by atoms with Gasteiger partial charge < -0.3 is 0 Å². The van der Waals surface area contributed by atoms with Crippen molar-refractivity contribution in [3.63, 3.8) is 0 Å². The van der Waals surface area contributed by atoms with Gasteiger partial charge in [-0.15, -0.1) is 0 Å². The van der Waals surface area contributed by atoms with E-state index in [0.29, 0.717) is 24.3 Å². The summed E-state index contributed by atoms with van der Waals surface area (Å²) in [4.78, 5) is 38.4. The molecule has 0 unspecified atom stereocenters. The van der Waals surface area contributed by atoms with Crippen LogP contribution in [-0.2, 0) is 31.9 Å². The zero-order valence-electron chi connectivity index (χ0n) is 12.9. The molecule has 0 saturated heterocycles. The molecular formula is C16H16BrN3O3. The van der Waals surface area contributed by atoms with E-state index in [1.807, 2.05) is 24.3 Å². The third-order valence-electron chi connectivity index (χ3n) is 4.12. The van der Waals surface area contributed by atoms with Crippen LogP contribution in [0.2, 0.25) is 0 Å². The molecule has 3 rings (SSSR count). The van der Waals surface area contributed by atoms with Gasteiger partial charge in [-0.2, -0.15) is 0 Å². The van der Waals surface area contributed by atoms with E-state index in [0.717, 1.165) is 14.6 Å². The first-order valence-electron chi connectivity index (χ1n) is 7.24. The number of halogens is 1. The minimum Gasteiger partial charge on any atom is -0.293 e. The van der Waals surface area contributed by atoms with Crippen LogP contribution in [-0.4, -0.2) is 15.0 Å². The standard InChI is InChI=1S/C16H16BrN3O3/c1-18-14-12(15(22)19(2)16(18)23)7-8-13(21)20(14)9-10-3-5-11(17)6-4-10/h3-6H,7-9H2,1-2H3. The lowest BCUT2D eigenvalue weighted by atomic mass is 10.0. The largest absolute Gasteiger partial charge is 0.332 e. The van der Waals surface area contributed by atoms with E-state index in [9.17, 15) is 14.4 Å². The average Bonchev–Trinajstić information content (AvgIpc) is 2.54. The summed E-state index contributed by atoms with van der Waals surface area (Å²) in [6.07, 6.45) is 0.642. The number of aromatic nitrogens is 2. The lowest BCUT2D eigenvalue weighted by molar-refractivity contribution is -0.119. The van der Waals surface area contributed by atoms with Crippen LogP contribution in [0.25, 0.3) is 0 Å². The summed E-state index contributed by atoms with van der Waals surface area (Å²) in [5.41, 5.74) is 0.703. The zero-order chi connectivity index (χ0) is 16.7. The fourth-order valence-electron chi connectivity index (χ4n) is 2.89. The lowest BCUT2D eigenvalue weighted by Crippen LogP contribution is -2.47. The third kappa shape index (κ3) is 2.65. The summed E-state index contributed by atoms with van der Waals surface area (Å²) in [7, 11) is 3.05. The normalized spacial score (nSPS) is 14.0. The maximum Gasteiger partial charge on any atom is 0.332 e. The van der Waals surface area contributed by atoms with Crippen molar-refractivity contribution >= 4 is 27.7 Å². The van der Waals surface area contributed by atoms with E-state index >= 15 is 0 Å². The number of carbonyl (C=O) groups excluding carboxylic acids is 1. The fourth-order valence-corrected chi connectivity index (χ4v) is 3.15. The third-order valence-corrected chi connectivity index (χ3v) is 4.65. The van der Waals surface area contributed by atoms with Crippen LogP contribution >= 0.6 is 15.9 Å². The molecule has 0 saturated carbocycles. The number of anilines is 1. The van der Waals surface area contributed by atoms with Gasteiger partial charge in [-0.25, -0.2) is 4.79 Å². The number of amides is 1. The first-order chi connectivity index (χ1) is 10.9. The Morgan fingerprint density at radius 3 is 2.30 bits per heavy atom. The predicted octanol–water partition coefficient (Wildman–Crippen LogP) is 1.33. The lowest BCUT2D eigenvalue weighted by Gasteiger charge is -2.30. The first kappa shape index (κ1) is 15.7. The first-order valence-corrected chi connectivity index (χ1v) is 8.03. The molecule has 0 atom stereocenters. The van der Waals surface area contributed by atoms with Crippen LogP contribution in [0.1, 0.15) is 17.5 Å². The molecule has 0 aliphatic carbocycles. The van der Waals surface area contributed by atoms with Crippen molar-refractivity contribution < 1.29 is 4.79 Å². The molecule has 0 N–H and O–H groups in total. The Labute approximate surface area is 141 Å². The molecule has 120 valence electrons. The summed E-state index contributed by atoms with van der Waals surface area (Å²) in [5.74, 6) is 0.334. The van der Waals surface area contributed by atoms with Gasteiger partial charge in [0.05, 0.1) is 12.1 Å². The molecular weight excluding hydrogens is 362 g/mol. The number of hydrogen-bond acceptors (Lipinski definition) is 3. The van der Waals surface area contributed by atoms with Crippen molar-refractivity contribution in [1.82, 2.24) is 9.13 Å². The number of rotatable bonds is 2. The van der Waals surface area contributed by atoms with Crippen LogP contribution in [0, 0.1) is 0 Å². The Hall–Kier alpha value is -2.15. The maximum absolute atomic E-state index is 12.4. The van der Waals surface area contributed by atoms with Crippen LogP contribution in [0.4, 0.5) is 5.82 Å². The molecule has 1 aliphatic heterocycles. The number of nitrogens with zero attached hydrogens (tertiary/aromatic N) is 3. The van der Waals surface area contributed by atoms with Crippen LogP contribution in [0.5, 0.6) is 0 Å². The van der Waals surface area contributed by atoms with E-state index in [1.165, 1.54) is 16.5 Å². The molecule has 1 amide bonds. The van der Waals surface area contributed by atoms with Crippen molar-refractivity contribution in [3.8, 4) is 0 Å². The minimum absolute atomic E-state index is 0.0799. The Bertz CT molecular complexity index is 897. The maximum atomic E-state index is 12.4. The molecule has 0 spiro atoms. The van der Waals surface area contributed by atoms with E-state index in [1.54, 1.807) is 7.05 Å². The molecule has 1 aromatic heterocycles. The van der Waals surface area contributed by atoms with Crippen LogP contribution in [0.15, 0.2) is 38.3 Å². The van der Waals surface area contributed by atoms with Crippen molar-refractivity contribution in [2.24, 2.45) is 14.1 Å². The molecule has 6 nitrogen and oxygen atoms in total. The summed E-state index contributed by atoms with van der Waals surface area (Å²) in [6, 6.07) is 7.61. The summed E-state index contributed by atoms with van der Waals surface area (Å²) in [6.45, 7) is 0.333. The number of hydrogen-bond donors (Lipinski definition) is 0. The molecule has 2 heterocycles. The highest BCUT2D eigenvalue weighted by Crippen LogP contribution is 2.25. The second-order valence-electron chi connectivity index (χ2n) is 5.61. The fraction of sp³-hybridized carbons (Fsp3) is 0.312. The van der Waals surface area contributed by atoms with Gasteiger partial charge in [-0.1, -0.05) is 28.1 Å².